The Morgan fingerprint density at radius 3 is 2.58 bits per heavy atom. The summed E-state index contributed by atoms with van der Waals surface area (Å²) in [5.41, 5.74) is 2.94. The fraction of sp³-hybridized carbons (Fsp3) is 0.118. The first-order valence-electron chi connectivity index (χ1n) is 8.31. The molecule has 1 aliphatic heterocycles. The fourth-order valence-corrected chi connectivity index (χ4v) is 3.43. The first kappa shape index (κ1) is 22.5. The van der Waals surface area contributed by atoms with E-state index in [9.17, 15) is 26.4 Å². The summed E-state index contributed by atoms with van der Waals surface area (Å²) in [6, 6.07) is 8.90. The van der Waals surface area contributed by atoms with Crippen LogP contribution in [0.1, 0.15) is 5.56 Å². The van der Waals surface area contributed by atoms with E-state index in [0.29, 0.717) is 5.69 Å². The van der Waals surface area contributed by atoms with Crippen molar-refractivity contribution < 1.29 is 31.1 Å². The van der Waals surface area contributed by atoms with Crippen LogP contribution in [0.4, 0.5) is 24.5 Å². The molecule has 3 rings (SSSR count). The number of carbonyl (C=O) groups excluding carboxylic acids is 1. The number of nitrogens with zero attached hydrogens (tertiary/aromatic N) is 2. The number of likely N-dealkylation sites (N-methyl/N-ethyl adjacent to an activating group) is 1. The van der Waals surface area contributed by atoms with E-state index in [-0.39, 0.29) is 27.0 Å². The van der Waals surface area contributed by atoms with Crippen LogP contribution in [-0.2, 0) is 14.8 Å². The number of hydrogen-bond acceptors (Lipinski definition) is 6. The molecule has 14 heteroatoms. The second kappa shape index (κ2) is 8.13. The number of thiocarbonyl (C=S) groups is 1. The van der Waals surface area contributed by atoms with E-state index < -0.39 is 28.0 Å². The summed E-state index contributed by atoms with van der Waals surface area (Å²) in [7, 11) is -2.49. The van der Waals surface area contributed by atoms with Crippen molar-refractivity contribution in [1.82, 2.24) is 5.43 Å². The van der Waals surface area contributed by atoms with Crippen molar-refractivity contribution in [1.29, 1.82) is 0 Å². The molecule has 0 unspecified atom stereocenters. The molecule has 2 aromatic rings. The number of alkyl halides is 3. The predicted molar refractivity (Wildman–Crippen MR) is 110 cm³/mol. The predicted octanol–water partition coefficient (Wildman–Crippen LogP) is 1.90. The van der Waals surface area contributed by atoms with Gasteiger partial charge in [-0.15, -0.1) is 13.2 Å². The van der Waals surface area contributed by atoms with Crippen LogP contribution in [0.5, 0.6) is 5.75 Å². The topological polar surface area (TPSA) is 126 Å². The molecule has 0 atom stereocenters. The third kappa shape index (κ3) is 5.28. The number of sulfonamides is 1. The minimum atomic E-state index is -4.89. The van der Waals surface area contributed by atoms with Gasteiger partial charge in [0.05, 0.1) is 10.6 Å². The van der Waals surface area contributed by atoms with Crippen molar-refractivity contribution >= 4 is 50.3 Å². The van der Waals surface area contributed by atoms with E-state index in [1.807, 2.05) is 0 Å². The highest BCUT2D eigenvalue weighted by atomic mass is 32.2. The van der Waals surface area contributed by atoms with Crippen LogP contribution in [0, 0.1) is 0 Å². The average molecular weight is 473 g/mol. The lowest BCUT2D eigenvalue weighted by atomic mass is 10.1. The number of amides is 1. The van der Waals surface area contributed by atoms with E-state index in [4.69, 9.17) is 17.4 Å². The van der Waals surface area contributed by atoms with Crippen LogP contribution in [0.15, 0.2) is 52.5 Å². The molecular formula is C17H14F3N5O4S2. The first-order valence-corrected chi connectivity index (χ1v) is 10.3. The Labute approximate surface area is 179 Å². The quantitative estimate of drug-likeness (QED) is 0.457. The lowest BCUT2D eigenvalue weighted by Gasteiger charge is -2.11. The number of ether oxygens (including phenoxy) is 1. The molecule has 0 saturated carbocycles. The summed E-state index contributed by atoms with van der Waals surface area (Å²) >= 11 is 5.06. The van der Waals surface area contributed by atoms with Crippen LogP contribution >= 0.6 is 12.2 Å². The number of rotatable bonds is 4. The molecule has 0 aliphatic carbocycles. The maximum atomic E-state index is 12.5. The van der Waals surface area contributed by atoms with Gasteiger partial charge in [0.15, 0.2) is 10.8 Å². The fourth-order valence-electron chi connectivity index (χ4n) is 2.70. The number of carbonyl (C=O) groups is 1. The van der Waals surface area contributed by atoms with Crippen LogP contribution < -0.4 is 25.5 Å². The molecule has 2 aromatic carbocycles. The van der Waals surface area contributed by atoms with Gasteiger partial charge >= 0.3 is 6.36 Å². The minimum absolute atomic E-state index is 0.106. The van der Waals surface area contributed by atoms with Crippen LogP contribution in [0.25, 0.3) is 0 Å². The number of hydrazone groups is 1. The molecule has 0 radical (unpaired) electrons. The van der Waals surface area contributed by atoms with Crippen LogP contribution in [-0.4, -0.2) is 38.6 Å². The van der Waals surface area contributed by atoms with Gasteiger partial charge in [0.2, 0.25) is 10.0 Å². The van der Waals surface area contributed by atoms with E-state index in [1.54, 1.807) is 0 Å². The zero-order valence-electron chi connectivity index (χ0n) is 15.6. The number of hydrogen-bond donors (Lipinski definition) is 3. The van der Waals surface area contributed by atoms with Crippen molar-refractivity contribution in [3.05, 3.63) is 48.0 Å². The molecule has 31 heavy (non-hydrogen) atoms. The summed E-state index contributed by atoms with van der Waals surface area (Å²) in [4.78, 5) is 13.5. The molecule has 0 fully saturated rings. The van der Waals surface area contributed by atoms with Crippen molar-refractivity contribution in [2.45, 2.75) is 11.3 Å². The number of fused-ring (bicyclic) bond motifs is 1. The third-order valence-corrected chi connectivity index (χ3v) is 5.12. The number of nitrogens with one attached hydrogen (secondary N) is 2. The van der Waals surface area contributed by atoms with Gasteiger partial charge in [-0.3, -0.25) is 10.2 Å². The largest absolute Gasteiger partial charge is 0.573 e. The van der Waals surface area contributed by atoms with Crippen LogP contribution in [0.2, 0.25) is 0 Å². The highest BCUT2D eigenvalue weighted by molar-refractivity contribution is 7.89. The van der Waals surface area contributed by atoms with Gasteiger partial charge in [0.1, 0.15) is 5.75 Å². The highest BCUT2D eigenvalue weighted by Crippen LogP contribution is 2.33. The van der Waals surface area contributed by atoms with Gasteiger partial charge in [0, 0.05) is 18.3 Å². The van der Waals surface area contributed by atoms with Gasteiger partial charge in [-0.05, 0) is 48.6 Å². The Hall–Kier alpha value is -3.23. The number of benzene rings is 2. The zero-order valence-corrected chi connectivity index (χ0v) is 17.2. The zero-order chi connectivity index (χ0) is 23.0. The Morgan fingerprint density at radius 2 is 1.94 bits per heavy atom. The number of halogens is 3. The van der Waals surface area contributed by atoms with E-state index in [1.165, 1.54) is 42.3 Å². The maximum absolute atomic E-state index is 12.5. The standard InChI is InChI=1S/C17H14F3N5O4S2/c1-25-13-6-5-10(29-17(18,19)20)8-12(13)14(15(25)26)23-24-16(30)22-9-3-2-4-11(7-9)31(21,27)28/h2-8H,1H3,(H2,21,27,28)(H2,22,24,30). The molecule has 164 valence electrons. The smallest absolute Gasteiger partial charge is 0.406 e. The van der Waals surface area contributed by atoms with E-state index in [0.717, 1.165) is 12.1 Å². The monoisotopic (exact) mass is 473 g/mol. The number of anilines is 2. The van der Waals surface area contributed by atoms with Crippen molar-refractivity contribution in [2.24, 2.45) is 10.2 Å². The van der Waals surface area contributed by atoms with Gasteiger partial charge < -0.3 is 15.0 Å². The van der Waals surface area contributed by atoms with Crippen molar-refractivity contribution in [3.8, 4) is 5.75 Å². The van der Waals surface area contributed by atoms with Crippen LogP contribution in [0.3, 0.4) is 0 Å². The summed E-state index contributed by atoms with van der Waals surface area (Å²) in [6.07, 6.45) is -4.89. The Morgan fingerprint density at radius 1 is 1.23 bits per heavy atom. The summed E-state index contributed by atoms with van der Waals surface area (Å²) < 4.78 is 64.2. The molecule has 0 aromatic heterocycles. The lowest BCUT2D eigenvalue weighted by molar-refractivity contribution is -0.274. The van der Waals surface area contributed by atoms with E-state index in [2.05, 4.69) is 20.6 Å². The molecule has 1 aliphatic rings. The number of nitrogens with two attached hydrogens (primary N) is 1. The first-order chi connectivity index (χ1) is 14.3. The van der Waals surface area contributed by atoms with E-state index >= 15 is 0 Å². The van der Waals surface area contributed by atoms with Gasteiger partial charge in [-0.25, -0.2) is 13.6 Å². The Balaban J connectivity index is 1.81. The molecule has 0 bridgehead atoms. The highest BCUT2D eigenvalue weighted by Gasteiger charge is 2.35. The summed E-state index contributed by atoms with van der Waals surface area (Å²) in [5.74, 6) is -1.09. The van der Waals surface area contributed by atoms with Gasteiger partial charge in [0.25, 0.3) is 5.91 Å². The molecule has 0 spiro atoms. The average Bonchev–Trinajstić information content (AvgIpc) is 2.88. The molecule has 9 nitrogen and oxygen atoms in total. The van der Waals surface area contributed by atoms with Gasteiger partial charge in [-0.2, -0.15) is 5.10 Å². The molecular weight excluding hydrogens is 459 g/mol. The molecule has 0 saturated heterocycles. The van der Waals surface area contributed by atoms with Gasteiger partial charge in [-0.1, -0.05) is 6.07 Å². The SMILES string of the molecule is CN1C(=O)C(=NNC(=S)Nc2cccc(S(N)(=O)=O)c2)c2cc(OC(F)(F)F)ccc21. The number of primary sulfonamides is 1. The minimum Gasteiger partial charge on any atom is -0.406 e. The molecule has 1 amide bonds. The second-order valence-electron chi connectivity index (χ2n) is 6.19. The lowest BCUT2D eigenvalue weighted by Crippen LogP contribution is -2.30. The Bertz CT molecular complexity index is 1200. The normalized spacial score (nSPS) is 15.1. The molecule has 1 heterocycles. The maximum Gasteiger partial charge on any atom is 0.573 e. The van der Waals surface area contributed by atoms with Crippen molar-refractivity contribution in [2.75, 3.05) is 17.3 Å². The summed E-state index contributed by atoms with van der Waals surface area (Å²) in [6.45, 7) is 0. The third-order valence-electron chi connectivity index (χ3n) is 4.01. The van der Waals surface area contributed by atoms with Crippen molar-refractivity contribution in [3.63, 3.8) is 0 Å². The summed E-state index contributed by atoms with van der Waals surface area (Å²) in [5, 5.41) is 11.5. The molecule has 4 N–H and O–H groups in total. The Kier molecular flexibility index (Phi) is 5.89. The second-order valence-corrected chi connectivity index (χ2v) is 8.16.